The molecule has 0 aliphatic carbocycles. The van der Waals surface area contributed by atoms with Gasteiger partial charge in [0.25, 0.3) is 0 Å². The van der Waals surface area contributed by atoms with E-state index in [1.165, 1.54) is 0 Å². The molecule has 2 heterocycles. The molecule has 2 N–H and O–H groups in total. The van der Waals surface area contributed by atoms with E-state index in [1.807, 2.05) is 24.3 Å². The largest absolute Gasteiger partial charge is 0.481 e. The van der Waals surface area contributed by atoms with Gasteiger partial charge in [0.1, 0.15) is 0 Å². The molecule has 0 aromatic heterocycles. The molecule has 6 heteroatoms. The number of hydrogen-bond donors (Lipinski definition) is 2. The molecule has 2 aliphatic rings. The Kier molecular flexibility index (Phi) is 3.99. The average molecular weight is 353 g/mol. The number of hydrogen-bond acceptors (Lipinski definition) is 3. The first-order valence-electron chi connectivity index (χ1n) is 7.08. The van der Waals surface area contributed by atoms with Crippen LogP contribution in [0.1, 0.15) is 19.3 Å². The molecule has 1 amide bonds. The van der Waals surface area contributed by atoms with Gasteiger partial charge in [-0.25, -0.2) is 0 Å². The number of halogens is 1. The Balaban J connectivity index is 1.61. The van der Waals surface area contributed by atoms with E-state index >= 15 is 0 Å². The second-order valence-corrected chi connectivity index (χ2v) is 6.62. The number of anilines is 1. The first-order chi connectivity index (χ1) is 10.0. The maximum Gasteiger partial charge on any atom is 0.308 e. The molecule has 5 nitrogen and oxygen atoms in total. The number of carboxylic acid groups (broad SMARTS) is 1. The summed E-state index contributed by atoms with van der Waals surface area (Å²) >= 11 is 3.35. The van der Waals surface area contributed by atoms with E-state index in [4.69, 9.17) is 0 Å². The predicted molar refractivity (Wildman–Crippen MR) is 82.0 cm³/mol. The maximum absolute atomic E-state index is 12.1. The van der Waals surface area contributed by atoms with Crippen molar-refractivity contribution in [1.82, 2.24) is 4.90 Å². The lowest BCUT2D eigenvalue weighted by Crippen LogP contribution is -2.38. The highest BCUT2D eigenvalue weighted by molar-refractivity contribution is 9.10. The zero-order valence-corrected chi connectivity index (χ0v) is 13.0. The van der Waals surface area contributed by atoms with Crippen molar-refractivity contribution in [3.63, 3.8) is 0 Å². The Morgan fingerprint density at radius 2 is 2.00 bits per heavy atom. The molecule has 3 atom stereocenters. The van der Waals surface area contributed by atoms with Gasteiger partial charge in [0.15, 0.2) is 0 Å². The van der Waals surface area contributed by atoms with Gasteiger partial charge in [-0.15, -0.1) is 0 Å². The molecular formula is C15H17BrN2O3. The summed E-state index contributed by atoms with van der Waals surface area (Å²) in [5.74, 6) is -1.13. The molecule has 2 saturated heterocycles. The molecule has 3 rings (SSSR count). The summed E-state index contributed by atoms with van der Waals surface area (Å²) in [5, 5.41) is 12.1. The number of amides is 1. The van der Waals surface area contributed by atoms with E-state index in [2.05, 4.69) is 26.1 Å². The van der Waals surface area contributed by atoms with Crippen LogP contribution in [0.25, 0.3) is 0 Å². The monoisotopic (exact) mass is 352 g/mol. The Labute approximate surface area is 131 Å². The van der Waals surface area contributed by atoms with Gasteiger partial charge in [-0.1, -0.05) is 15.9 Å². The smallest absolute Gasteiger partial charge is 0.308 e. The number of nitrogens with one attached hydrogen (secondary N) is 1. The zero-order valence-electron chi connectivity index (χ0n) is 11.5. The predicted octanol–water partition coefficient (Wildman–Crippen LogP) is 2.33. The minimum Gasteiger partial charge on any atom is -0.481 e. The summed E-state index contributed by atoms with van der Waals surface area (Å²) < 4.78 is 0.961. The van der Waals surface area contributed by atoms with Crippen molar-refractivity contribution < 1.29 is 14.7 Å². The van der Waals surface area contributed by atoms with Crippen molar-refractivity contribution in [1.29, 1.82) is 0 Å². The van der Waals surface area contributed by atoms with Crippen LogP contribution in [0.2, 0.25) is 0 Å². The highest BCUT2D eigenvalue weighted by Gasteiger charge is 2.49. The van der Waals surface area contributed by atoms with Crippen LogP contribution in [-0.4, -0.2) is 40.5 Å². The van der Waals surface area contributed by atoms with Gasteiger partial charge in [-0.05, 0) is 43.5 Å². The lowest BCUT2D eigenvalue weighted by molar-refractivity contribution is -0.142. The van der Waals surface area contributed by atoms with Gasteiger partial charge < -0.3 is 10.4 Å². The third-order valence-electron chi connectivity index (χ3n) is 4.45. The van der Waals surface area contributed by atoms with Crippen LogP contribution in [0.4, 0.5) is 5.69 Å². The maximum atomic E-state index is 12.1. The number of fused-ring (bicyclic) bond motifs is 2. The summed E-state index contributed by atoms with van der Waals surface area (Å²) in [6.45, 7) is 0.273. The van der Waals surface area contributed by atoms with Crippen LogP contribution >= 0.6 is 15.9 Å². The Morgan fingerprint density at radius 1 is 1.29 bits per heavy atom. The fourth-order valence-corrected chi connectivity index (χ4v) is 3.78. The van der Waals surface area contributed by atoms with Crippen LogP contribution < -0.4 is 5.32 Å². The van der Waals surface area contributed by atoms with Crippen LogP contribution in [0, 0.1) is 5.92 Å². The van der Waals surface area contributed by atoms with Gasteiger partial charge >= 0.3 is 5.97 Å². The molecule has 3 unspecified atom stereocenters. The number of rotatable bonds is 4. The Morgan fingerprint density at radius 3 is 2.62 bits per heavy atom. The summed E-state index contributed by atoms with van der Waals surface area (Å²) in [6, 6.07) is 7.67. The molecule has 2 bridgehead atoms. The van der Waals surface area contributed by atoms with E-state index in [9.17, 15) is 14.7 Å². The van der Waals surface area contributed by atoms with Crippen LogP contribution in [0.5, 0.6) is 0 Å². The number of carboxylic acids is 1. The van der Waals surface area contributed by atoms with Gasteiger partial charge in [-0.3, -0.25) is 14.5 Å². The van der Waals surface area contributed by atoms with Crippen molar-refractivity contribution in [2.24, 2.45) is 5.92 Å². The van der Waals surface area contributed by atoms with Crippen molar-refractivity contribution >= 4 is 33.5 Å². The van der Waals surface area contributed by atoms with E-state index in [-0.39, 0.29) is 30.5 Å². The highest BCUT2D eigenvalue weighted by Crippen LogP contribution is 2.41. The minimum absolute atomic E-state index is 0.0168. The molecule has 21 heavy (non-hydrogen) atoms. The van der Waals surface area contributed by atoms with Gasteiger partial charge in [0, 0.05) is 22.2 Å². The normalized spacial score (nSPS) is 27.8. The zero-order chi connectivity index (χ0) is 15.0. The van der Waals surface area contributed by atoms with Gasteiger partial charge in [0.2, 0.25) is 5.91 Å². The van der Waals surface area contributed by atoms with E-state index in [0.717, 1.165) is 23.0 Å². The average Bonchev–Trinajstić information content (AvgIpc) is 2.98. The molecule has 2 aliphatic heterocycles. The second-order valence-electron chi connectivity index (χ2n) is 5.71. The van der Waals surface area contributed by atoms with E-state index < -0.39 is 5.97 Å². The molecule has 2 fully saturated rings. The molecule has 0 saturated carbocycles. The Hall–Kier alpha value is -1.40. The quantitative estimate of drug-likeness (QED) is 0.872. The fourth-order valence-electron chi connectivity index (χ4n) is 3.51. The number of carbonyl (C=O) groups excluding carboxylic acids is 1. The molecule has 112 valence electrons. The van der Waals surface area contributed by atoms with Crippen molar-refractivity contribution in [2.75, 3.05) is 11.9 Å². The summed E-state index contributed by atoms with van der Waals surface area (Å²) in [5.41, 5.74) is 0.754. The van der Waals surface area contributed by atoms with Crippen LogP contribution in [-0.2, 0) is 9.59 Å². The topological polar surface area (TPSA) is 69.6 Å². The Bertz CT molecular complexity index is 561. The first kappa shape index (κ1) is 14.5. The SMILES string of the molecule is O=C(CN1C2CCC1C(C(=O)O)C2)Nc1ccc(Br)cc1. The number of nitrogens with zero attached hydrogens (tertiary/aromatic N) is 1. The second kappa shape index (κ2) is 5.77. The van der Waals surface area contributed by atoms with Crippen molar-refractivity contribution in [3.8, 4) is 0 Å². The lowest BCUT2D eigenvalue weighted by Gasteiger charge is -2.22. The molecule has 1 aromatic carbocycles. The number of carbonyl (C=O) groups is 2. The van der Waals surface area contributed by atoms with E-state index in [0.29, 0.717) is 6.42 Å². The standard InChI is InChI=1S/C15H17BrN2O3/c16-9-1-3-10(4-2-9)17-14(19)8-18-11-5-6-13(18)12(7-11)15(20)21/h1-4,11-13H,5-8H2,(H,17,19)(H,20,21). The first-order valence-corrected chi connectivity index (χ1v) is 7.88. The fraction of sp³-hybridized carbons (Fsp3) is 0.467. The number of benzene rings is 1. The third-order valence-corrected chi connectivity index (χ3v) is 4.98. The minimum atomic E-state index is -0.736. The van der Waals surface area contributed by atoms with Gasteiger partial charge in [-0.2, -0.15) is 0 Å². The van der Waals surface area contributed by atoms with Crippen molar-refractivity contribution in [2.45, 2.75) is 31.3 Å². The molecular weight excluding hydrogens is 336 g/mol. The number of aliphatic carboxylic acids is 1. The molecule has 0 spiro atoms. The lowest BCUT2D eigenvalue weighted by atomic mass is 9.89. The molecule has 1 aromatic rings. The van der Waals surface area contributed by atoms with Crippen LogP contribution in [0.3, 0.4) is 0 Å². The highest BCUT2D eigenvalue weighted by atomic mass is 79.9. The van der Waals surface area contributed by atoms with Gasteiger partial charge in [0.05, 0.1) is 12.5 Å². The summed E-state index contributed by atoms with van der Waals surface area (Å²) in [6.07, 6.45) is 2.55. The third kappa shape index (κ3) is 2.96. The van der Waals surface area contributed by atoms with E-state index in [1.54, 1.807) is 0 Å². The molecule has 0 radical (unpaired) electrons. The van der Waals surface area contributed by atoms with Crippen molar-refractivity contribution in [3.05, 3.63) is 28.7 Å². The van der Waals surface area contributed by atoms with Crippen LogP contribution in [0.15, 0.2) is 28.7 Å². The summed E-state index contributed by atoms with van der Waals surface area (Å²) in [4.78, 5) is 25.4. The summed E-state index contributed by atoms with van der Waals surface area (Å²) in [7, 11) is 0.